The fourth-order valence-electron chi connectivity index (χ4n) is 3.05. The van der Waals surface area contributed by atoms with E-state index in [1.54, 1.807) is 0 Å². The van der Waals surface area contributed by atoms with Gasteiger partial charge in [-0.15, -0.1) is 0 Å². The van der Waals surface area contributed by atoms with E-state index in [0.29, 0.717) is 0 Å². The summed E-state index contributed by atoms with van der Waals surface area (Å²) in [5, 5.41) is 0. The third-order valence-corrected chi connectivity index (χ3v) is 3.80. The zero-order chi connectivity index (χ0) is 14.3. The van der Waals surface area contributed by atoms with Gasteiger partial charge in [-0.25, -0.2) is 4.39 Å². The first-order valence-corrected chi connectivity index (χ1v) is 6.84. The minimum Gasteiger partial charge on any atom is -0.332 e. The summed E-state index contributed by atoms with van der Waals surface area (Å²) >= 11 is 0. The van der Waals surface area contributed by atoms with Crippen LogP contribution in [0.3, 0.4) is 0 Å². The highest BCUT2D eigenvalue weighted by Gasteiger charge is 2.32. The molecule has 3 rings (SSSR count). The van der Waals surface area contributed by atoms with Crippen molar-refractivity contribution in [2.45, 2.75) is 26.3 Å². The zero-order valence-corrected chi connectivity index (χ0v) is 12.0. The molecule has 2 aromatic rings. The largest absolute Gasteiger partial charge is 0.332 e. The Balaban J connectivity index is 2.20. The van der Waals surface area contributed by atoms with Gasteiger partial charge < -0.3 is 4.90 Å². The molecule has 0 radical (unpaired) electrons. The van der Waals surface area contributed by atoms with Crippen LogP contribution in [0.4, 0.5) is 15.8 Å². The molecule has 0 spiro atoms. The number of allylic oxidation sites excluding steroid dienone is 1. The Kier molecular flexibility index (Phi) is 2.89. The molecule has 0 fully saturated rings. The van der Waals surface area contributed by atoms with E-state index in [1.807, 2.05) is 18.2 Å². The number of fused-ring (bicyclic) bond motifs is 1. The minimum atomic E-state index is -0.205. The maximum atomic E-state index is 13.2. The van der Waals surface area contributed by atoms with Gasteiger partial charge in [-0.1, -0.05) is 24.3 Å². The topological polar surface area (TPSA) is 3.24 Å². The third kappa shape index (κ3) is 2.01. The van der Waals surface area contributed by atoms with Crippen molar-refractivity contribution in [3.8, 4) is 0 Å². The quantitative estimate of drug-likeness (QED) is 0.690. The summed E-state index contributed by atoms with van der Waals surface area (Å²) in [7, 11) is 0. The van der Waals surface area contributed by atoms with Crippen LogP contribution >= 0.6 is 0 Å². The SMILES string of the molecule is CC1=CC(C)(C)N(c2ccc(F)cc2)c2ccccc21. The molecule has 0 N–H and O–H groups in total. The van der Waals surface area contributed by atoms with E-state index in [1.165, 1.54) is 29.0 Å². The molecule has 0 saturated carbocycles. The Morgan fingerprint density at radius 3 is 2.30 bits per heavy atom. The van der Waals surface area contributed by atoms with Gasteiger partial charge in [-0.2, -0.15) is 0 Å². The Hall–Kier alpha value is -2.09. The monoisotopic (exact) mass is 267 g/mol. The molecule has 1 aliphatic heterocycles. The molecule has 1 heterocycles. The smallest absolute Gasteiger partial charge is 0.123 e. The molecule has 0 unspecified atom stereocenters. The van der Waals surface area contributed by atoms with Crippen LogP contribution in [-0.2, 0) is 0 Å². The summed E-state index contributed by atoms with van der Waals surface area (Å²) in [5.41, 5.74) is 4.55. The first-order valence-electron chi connectivity index (χ1n) is 6.84. The lowest BCUT2D eigenvalue weighted by Crippen LogP contribution is -2.41. The van der Waals surface area contributed by atoms with Crippen molar-refractivity contribution in [3.05, 3.63) is 66.0 Å². The van der Waals surface area contributed by atoms with Gasteiger partial charge in [0.1, 0.15) is 5.82 Å². The van der Waals surface area contributed by atoms with Gasteiger partial charge in [0, 0.05) is 16.9 Å². The summed E-state index contributed by atoms with van der Waals surface area (Å²) in [6.07, 6.45) is 2.26. The van der Waals surface area contributed by atoms with Crippen molar-refractivity contribution < 1.29 is 4.39 Å². The van der Waals surface area contributed by atoms with Crippen LogP contribution in [0.5, 0.6) is 0 Å². The van der Waals surface area contributed by atoms with E-state index >= 15 is 0 Å². The lowest BCUT2D eigenvalue weighted by molar-refractivity contribution is 0.614. The molecule has 0 bridgehead atoms. The minimum absolute atomic E-state index is 0.143. The average molecular weight is 267 g/mol. The van der Waals surface area contributed by atoms with Gasteiger partial charge >= 0.3 is 0 Å². The molecule has 0 amide bonds. The second-order valence-electron chi connectivity index (χ2n) is 5.81. The van der Waals surface area contributed by atoms with Crippen molar-refractivity contribution in [3.63, 3.8) is 0 Å². The Bertz CT molecular complexity index is 668. The maximum Gasteiger partial charge on any atom is 0.123 e. The highest BCUT2D eigenvalue weighted by molar-refractivity contribution is 5.85. The van der Waals surface area contributed by atoms with Crippen molar-refractivity contribution in [1.82, 2.24) is 0 Å². The normalized spacial score (nSPS) is 16.6. The molecule has 2 aromatic carbocycles. The molecule has 0 atom stereocenters. The van der Waals surface area contributed by atoms with Crippen LogP contribution in [0.25, 0.3) is 5.57 Å². The average Bonchev–Trinajstić information content (AvgIpc) is 2.40. The van der Waals surface area contributed by atoms with Gasteiger partial charge in [-0.05, 0) is 56.7 Å². The first kappa shape index (κ1) is 12.9. The molecule has 0 saturated heterocycles. The van der Waals surface area contributed by atoms with Crippen LogP contribution in [0.2, 0.25) is 0 Å². The fraction of sp³-hybridized carbons (Fsp3) is 0.222. The van der Waals surface area contributed by atoms with Crippen molar-refractivity contribution in [2.24, 2.45) is 0 Å². The summed E-state index contributed by atoms with van der Waals surface area (Å²) in [4.78, 5) is 2.26. The van der Waals surface area contributed by atoms with E-state index in [9.17, 15) is 4.39 Å². The number of para-hydroxylation sites is 1. The molecule has 1 nitrogen and oxygen atoms in total. The van der Waals surface area contributed by atoms with E-state index in [-0.39, 0.29) is 11.4 Å². The zero-order valence-electron chi connectivity index (χ0n) is 12.0. The number of rotatable bonds is 1. The first-order chi connectivity index (χ1) is 9.49. The van der Waals surface area contributed by atoms with Crippen LogP contribution in [0.1, 0.15) is 26.3 Å². The lowest BCUT2D eigenvalue weighted by atomic mass is 9.88. The van der Waals surface area contributed by atoms with Gasteiger partial charge in [0.05, 0.1) is 5.54 Å². The number of hydrogen-bond donors (Lipinski definition) is 0. The molecule has 1 aliphatic rings. The van der Waals surface area contributed by atoms with E-state index in [2.05, 4.69) is 49.9 Å². The second-order valence-corrected chi connectivity index (χ2v) is 5.81. The van der Waals surface area contributed by atoms with Gasteiger partial charge in [0.25, 0.3) is 0 Å². The third-order valence-electron chi connectivity index (χ3n) is 3.80. The Labute approximate surface area is 119 Å². The molecular weight excluding hydrogens is 249 g/mol. The number of benzene rings is 2. The summed E-state index contributed by atoms with van der Waals surface area (Å²) in [5.74, 6) is -0.205. The predicted octanol–water partition coefficient (Wildman–Crippen LogP) is 5.16. The van der Waals surface area contributed by atoms with Crippen LogP contribution in [0, 0.1) is 5.82 Å². The molecule has 102 valence electrons. The Morgan fingerprint density at radius 2 is 1.60 bits per heavy atom. The second kappa shape index (κ2) is 4.48. The summed E-state index contributed by atoms with van der Waals surface area (Å²) in [6, 6.07) is 15.0. The van der Waals surface area contributed by atoms with Crippen molar-refractivity contribution >= 4 is 16.9 Å². The van der Waals surface area contributed by atoms with Crippen LogP contribution in [0.15, 0.2) is 54.6 Å². The van der Waals surface area contributed by atoms with Crippen molar-refractivity contribution in [2.75, 3.05) is 4.90 Å². The number of anilines is 2. The van der Waals surface area contributed by atoms with Gasteiger partial charge in [0.15, 0.2) is 0 Å². The number of halogens is 1. The summed E-state index contributed by atoms with van der Waals surface area (Å²) < 4.78 is 13.2. The summed E-state index contributed by atoms with van der Waals surface area (Å²) in [6.45, 7) is 6.49. The van der Waals surface area contributed by atoms with E-state index in [0.717, 1.165) is 5.69 Å². The van der Waals surface area contributed by atoms with E-state index in [4.69, 9.17) is 0 Å². The van der Waals surface area contributed by atoms with Crippen LogP contribution in [-0.4, -0.2) is 5.54 Å². The molecule has 20 heavy (non-hydrogen) atoms. The fourth-order valence-corrected chi connectivity index (χ4v) is 3.05. The van der Waals surface area contributed by atoms with E-state index < -0.39 is 0 Å². The number of nitrogens with zero attached hydrogens (tertiary/aromatic N) is 1. The molecule has 2 heteroatoms. The maximum absolute atomic E-state index is 13.2. The predicted molar refractivity (Wildman–Crippen MR) is 82.7 cm³/mol. The molecule has 0 aromatic heterocycles. The standard InChI is InChI=1S/C18H18FN/c1-13-12-18(2,3)20(15-10-8-14(19)9-11-15)17-7-5-4-6-16(13)17/h4-12H,1-3H3. The molecule has 0 aliphatic carbocycles. The molecular formula is C18H18FN. The van der Waals surface area contributed by atoms with Crippen molar-refractivity contribution in [1.29, 1.82) is 0 Å². The van der Waals surface area contributed by atoms with Crippen LogP contribution < -0.4 is 4.90 Å². The van der Waals surface area contributed by atoms with Gasteiger partial charge in [-0.3, -0.25) is 0 Å². The number of hydrogen-bond acceptors (Lipinski definition) is 1. The lowest BCUT2D eigenvalue weighted by Gasteiger charge is -2.43. The Morgan fingerprint density at radius 1 is 0.950 bits per heavy atom. The van der Waals surface area contributed by atoms with Gasteiger partial charge in [0.2, 0.25) is 0 Å². The highest BCUT2D eigenvalue weighted by atomic mass is 19.1. The highest BCUT2D eigenvalue weighted by Crippen LogP contribution is 2.43.